The van der Waals surface area contributed by atoms with Crippen molar-refractivity contribution in [1.29, 1.82) is 0 Å². The highest BCUT2D eigenvalue weighted by atomic mass is 32.1. The lowest BCUT2D eigenvalue weighted by atomic mass is 9.86. The van der Waals surface area contributed by atoms with Gasteiger partial charge in [0.2, 0.25) is 0 Å². The van der Waals surface area contributed by atoms with Crippen LogP contribution in [0.4, 0.5) is 0 Å². The fourth-order valence-corrected chi connectivity index (χ4v) is 1.59. The van der Waals surface area contributed by atoms with Crippen LogP contribution in [0.3, 0.4) is 0 Å². The number of nitrogens with zero attached hydrogens (tertiary/aromatic N) is 2. The summed E-state index contributed by atoms with van der Waals surface area (Å²) in [5.74, 6) is 0.504. The largest absolute Gasteiger partial charge is 0.233 e. The summed E-state index contributed by atoms with van der Waals surface area (Å²) >= 11 is 9.13. The van der Waals surface area contributed by atoms with Gasteiger partial charge < -0.3 is 0 Å². The van der Waals surface area contributed by atoms with Gasteiger partial charge in [0.15, 0.2) is 0 Å². The van der Waals surface area contributed by atoms with Crippen LogP contribution >= 0.6 is 24.4 Å². The summed E-state index contributed by atoms with van der Waals surface area (Å²) < 4.78 is 0. The molecule has 0 radical (unpaired) electrons. The highest BCUT2D eigenvalue weighted by molar-refractivity contribution is 7.78. The summed E-state index contributed by atoms with van der Waals surface area (Å²) in [7, 11) is 0. The molecular formula is C11H18N2S2. The Balaban J connectivity index is 3.87. The molecule has 0 N–H and O–H groups in total. The second kappa shape index (κ2) is 7.84. The molecule has 4 heteroatoms. The van der Waals surface area contributed by atoms with Gasteiger partial charge in [-0.25, -0.2) is 9.98 Å². The standard InChI is InChI=1S/C11H18N2S2/c1-10(11(2,3)13-9-15)6-4-5-7-12-8-14/h10H,4-7H2,1-3H3. The number of thiocarbonyl (C=S) groups is 2. The topological polar surface area (TPSA) is 24.7 Å². The van der Waals surface area contributed by atoms with Crippen LogP contribution in [0.2, 0.25) is 0 Å². The number of isothiocyanates is 2. The van der Waals surface area contributed by atoms with Crippen LogP contribution in [0.25, 0.3) is 0 Å². The minimum absolute atomic E-state index is 0.102. The van der Waals surface area contributed by atoms with E-state index in [2.05, 4.69) is 65.5 Å². The minimum Gasteiger partial charge on any atom is -0.233 e. The normalized spacial score (nSPS) is 12.5. The molecule has 0 aliphatic rings. The number of hydrogen-bond acceptors (Lipinski definition) is 4. The van der Waals surface area contributed by atoms with Crippen LogP contribution < -0.4 is 0 Å². The molecule has 1 atom stereocenters. The minimum atomic E-state index is -0.102. The Morgan fingerprint density at radius 1 is 1.20 bits per heavy atom. The zero-order valence-corrected chi connectivity index (χ0v) is 11.2. The lowest BCUT2D eigenvalue weighted by Crippen LogP contribution is -2.26. The molecule has 0 aliphatic heterocycles. The van der Waals surface area contributed by atoms with Crippen LogP contribution in [-0.4, -0.2) is 22.4 Å². The average Bonchev–Trinajstić information content (AvgIpc) is 2.17. The van der Waals surface area contributed by atoms with E-state index in [4.69, 9.17) is 0 Å². The molecular weight excluding hydrogens is 224 g/mol. The molecule has 2 nitrogen and oxygen atoms in total. The van der Waals surface area contributed by atoms with Crippen molar-refractivity contribution >= 4 is 34.8 Å². The maximum absolute atomic E-state index is 4.64. The first-order valence-corrected chi connectivity index (χ1v) is 5.99. The smallest absolute Gasteiger partial charge is 0.0680 e. The van der Waals surface area contributed by atoms with Crippen molar-refractivity contribution in [2.45, 2.75) is 45.6 Å². The predicted octanol–water partition coefficient (Wildman–Crippen LogP) is 3.78. The van der Waals surface area contributed by atoms with Crippen molar-refractivity contribution in [3.05, 3.63) is 0 Å². The fourth-order valence-electron chi connectivity index (χ4n) is 1.27. The van der Waals surface area contributed by atoms with Crippen LogP contribution in [0.5, 0.6) is 0 Å². The Hall–Kier alpha value is -0.400. The van der Waals surface area contributed by atoms with Crippen molar-refractivity contribution in [3.63, 3.8) is 0 Å². The highest BCUT2D eigenvalue weighted by Crippen LogP contribution is 2.25. The number of rotatable bonds is 7. The van der Waals surface area contributed by atoms with E-state index in [0.717, 1.165) is 25.8 Å². The van der Waals surface area contributed by atoms with Gasteiger partial charge in [0, 0.05) is 6.54 Å². The number of aliphatic imine (C=N–C) groups is 2. The van der Waals surface area contributed by atoms with Gasteiger partial charge in [0.1, 0.15) is 0 Å². The first-order chi connectivity index (χ1) is 7.04. The van der Waals surface area contributed by atoms with E-state index in [-0.39, 0.29) is 5.54 Å². The van der Waals surface area contributed by atoms with E-state index >= 15 is 0 Å². The lowest BCUT2D eigenvalue weighted by Gasteiger charge is -2.26. The first-order valence-electron chi connectivity index (χ1n) is 5.17. The van der Waals surface area contributed by atoms with Gasteiger partial charge in [-0.1, -0.05) is 13.3 Å². The zero-order chi connectivity index (χ0) is 11.7. The summed E-state index contributed by atoms with van der Waals surface area (Å²) in [5, 5.41) is 4.84. The van der Waals surface area contributed by atoms with E-state index in [1.165, 1.54) is 0 Å². The molecule has 0 saturated heterocycles. The molecule has 0 amide bonds. The molecule has 1 unspecified atom stereocenters. The van der Waals surface area contributed by atoms with Crippen molar-refractivity contribution in [1.82, 2.24) is 0 Å². The first kappa shape index (κ1) is 14.6. The van der Waals surface area contributed by atoms with Crippen molar-refractivity contribution < 1.29 is 0 Å². The van der Waals surface area contributed by atoms with Crippen LogP contribution in [-0.2, 0) is 0 Å². The molecule has 0 aromatic carbocycles. The van der Waals surface area contributed by atoms with E-state index in [1.807, 2.05) is 0 Å². The van der Waals surface area contributed by atoms with Gasteiger partial charge >= 0.3 is 0 Å². The Morgan fingerprint density at radius 2 is 1.87 bits per heavy atom. The van der Waals surface area contributed by atoms with E-state index in [1.54, 1.807) is 0 Å². The Labute approximate surface area is 103 Å². The molecule has 0 rings (SSSR count). The van der Waals surface area contributed by atoms with Crippen molar-refractivity contribution in [2.75, 3.05) is 6.54 Å². The van der Waals surface area contributed by atoms with Crippen LogP contribution in [0, 0.1) is 5.92 Å². The SMILES string of the molecule is CC(CCCCN=C=S)C(C)(C)N=C=S. The van der Waals surface area contributed by atoms with Crippen molar-refractivity contribution in [2.24, 2.45) is 15.9 Å². The Kier molecular flexibility index (Phi) is 7.63. The number of unbranched alkanes of at least 4 members (excludes halogenated alkanes) is 1. The molecule has 0 fully saturated rings. The third-order valence-corrected chi connectivity index (χ3v) is 2.98. The Bertz CT molecular complexity index is 274. The molecule has 84 valence electrons. The molecule has 0 heterocycles. The Morgan fingerprint density at radius 3 is 2.40 bits per heavy atom. The van der Waals surface area contributed by atoms with Gasteiger partial charge in [0.05, 0.1) is 15.9 Å². The summed E-state index contributed by atoms with van der Waals surface area (Å²) in [6.45, 7) is 7.16. The zero-order valence-electron chi connectivity index (χ0n) is 9.62. The monoisotopic (exact) mass is 242 g/mol. The van der Waals surface area contributed by atoms with E-state index in [9.17, 15) is 0 Å². The molecule has 0 saturated carbocycles. The van der Waals surface area contributed by atoms with E-state index < -0.39 is 0 Å². The molecule has 0 aromatic rings. The molecule has 0 aliphatic carbocycles. The number of hydrogen-bond donors (Lipinski definition) is 0. The molecule has 0 aromatic heterocycles. The lowest BCUT2D eigenvalue weighted by molar-refractivity contribution is 0.323. The van der Waals surface area contributed by atoms with Crippen LogP contribution in [0.15, 0.2) is 9.98 Å². The second-order valence-corrected chi connectivity index (χ2v) is 4.59. The second-order valence-electron chi connectivity index (χ2n) is 4.23. The van der Waals surface area contributed by atoms with Crippen molar-refractivity contribution in [3.8, 4) is 0 Å². The fraction of sp³-hybridized carbons (Fsp3) is 0.818. The quantitative estimate of drug-likeness (QED) is 0.385. The molecule has 0 bridgehead atoms. The predicted molar refractivity (Wildman–Crippen MR) is 72.0 cm³/mol. The third kappa shape index (κ3) is 6.64. The van der Waals surface area contributed by atoms with Gasteiger partial charge in [-0.2, -0.15) is 0 Å². The van der Waals surface area contributed by atoms with Crippen LogP contribution in [0.1, 0.15) is 40.0 Å². The maximum atomic E-state index is 4.64. The third-order valence-electron chi connectivity index (χ3n) is 2.76. The summed E-state index contributed by atoms with van der Waals surface area (Å²) in [5.41, 5.74) is -0.102. The van der Waals surface area contributed by atoms with Gasteiger partial charge in [-0.3, -0.25) is 0 Å². The molecule has 15 heavy (non-hydrogen) atoms. The summed E-state index contributed by atoms with van der Waals surface area (Å²) in [6, 6.07) is 0. The maximum Gasteiger partial charge on any atom is 0.0680 e. The average molecular weight is 242 g/mol. The van der Waals surface area contributed by atoms with E-state index in [0.29, 0.717) is 5.92 Å². The summed E-state index contributed by atoms with van der Waals surface area (Å²) in [6.07, 6.45) is 3.32. The highest BCUT2D eigenvalue weighted by Gasteiger charge is 2.23. The van der Waals surface area contributed by atoms with Gasteiger partial charge in [0.25, 0.3) is 0 Å². The van der Waals surface area contributed by atoms with Gasteiger partial charge in [-0.15, -0.1) is 0 Å². The van der Waals surface area contributed by atoms with Gasteiger partial charge in [-0.05, 0) is 57.0 Å². The summed E-state index contributed by atoms with van der Waals surface area (Å²) in [4.78, 5) is 8.06. The molecule has 0 spiro atoms.